The molecule has 0 aliphatic heterocycles. The molecule has 296 valence electrons. The van der Waals surface area contributed by atoms with Crippen molar-refractivity contribution in [1.82, 2.24) is 19.4 Å². The number of nitrogens with zero attached hydrogens (tertiary/aromatic N) is 4. The number of aromatic nitrogens is 4. The quantitative estimate of drug-likeness (QED) is 0.0537. The highest BCUT2D eigenvalue weighted by Crippen LogP contribution is 2.60. The Morgan fingerprint density at radius 3 is 1.48 bits per heavy atom. The average molecular weight is 818 g/mol. The number of aromatic hydroxyl groups is 10. The highest BCUT2D eigenvalue weighted by molar-refractivity contribution is 6.48. The smallest absolute Gasteiger partial charge is 0.206 e. The van der Waals surface area contributed by atoms with E-state index < -0.39 is 84.9 Å². The maximum absolute atomic E-state index is 12.4. The maximum Gasteiger partial charge on any atom is 0.206 e. The third-order valence-corrected chi connectivity index (χ3v) is 11.4. The summed E-state index contributed by atoms with van der Waals surface area (Å²) in [5, 5.41) is 111. The van der Waals surface area contributed by atoms with E-state index in [0.29, 0.717) is 17.2 Å². The molecule has 4 radical (unpaired) electrons. The summed E-state index contributed by atoms with van der Waals surface area (Å²) in [5.41, 5.74) is -0.608. The van der Waals surface area contributed by atoms with Gasteiger partial charge in [-0.15, -0.1) is 0 Å². The molecule has 0 atom stereocenters. The monoisotopic (exact) mass is 818 g/mol. The topological polar surface area (TPSA) is 259 Å². The van der Waals surface area contributed by atoms with Crippen molar-refractivity contribution in [3.8, 4) is 103 Å². The van der Waals surface area contributed by atoms with Crippen molar-refractivity contribution in [2.75, 3.05) is 0 Å². The maximum atomic E-state index is 12.4. The number of hydrogen-bond donors (Lipinski definition) is 10. The summed E-state index contributed by atoms with van der Waals surface area (Å²) in [6.07, 6.45) is 0. The van der Waals surface area contributed by atoms with Crippen LogP contribution in [0.5, 0.6) is 57.5 Å². The first-order valence-electron chi connectivity index (χ1n) is 18.6. The standard InChI is InChI=1S/C45H24B2N4O11/c46-26-29-21(31(52)19(33(26)54)17-12-7-13-18(14-17)45-49-43(15-8-3-1-4-9-15)48-44(50-45)16-10-5-2-6-11-16)20-28-23(22-30(51(28)29)37(58)40(61)39(60)34(22)55)41-24(32(20)53)25-35(56)38(59)36(57)27(47)42(25)62-41/h1-14,52-61H. The second kappa shape index (κ2) is 12.4. The van der Waals surface area contributed by atoms with Crippen molar-refractivity contribution in [3.63, 3.8) is 0 Å². The van der Waals surface area contributed by atoms with E-state index in [9.17, 15) is 51.1 Å². The zero-order valence-electron chi connectivity index (χ0n) is 31.4. The van der Waals surface area contributed by atoms with Crippen LogP contribution in [-0.4, -0.2) is 86.1 Å². The number of phenolic OH excluding ortho intramolecular Hbond substituents is 10. The lowest BCUT2D eigenvalue weighted by atomic mass is 9.86. The summed E-state index contributed by atoms with van der Waals surface area (Å²) >= 11 is 0. The van der Waals surface area contributed by atoms with E-state index in [-0.39, 0.29) is 60.5 Å². The van der Waals surface area contributed by atoms with Crippen LogP contribution in [0.15, 0.2) is 89.3 Å². The van der Waals surface area contributed by atoms with Gasteiger partial charge in [0.15, 0.2) is 40.5 Å². The van der Waals surface area contributed by atoms with Crippen LogP contribution >= 0.6 is 0 Å². The van der Waals surface area contributed by atoms with Crippen LogP contribution in [0.2, 0.25) is 0 Å². The summed E-state index contributed by atoms with van der Waals surface area (Å²) < 4.78 is 7.18. The minimum Gasteiger partial charge on any atom is -0.508 e. The van der Waals surface area contributed by atoms with Gasteiger partial charge in [0.1, 0.15) is 49.6 Å². The third kappa shape index (κ3) is 4.52. The van der Waals surface area contributed by atoms with E-state index in [4.69, 9.17) is 35.1 Å². The van der Waals surface area contributed by atoms with Crippen LogP contribution in [0.3, 0.4) is 0 Å². The molecule has 10 N–H and O–H groups in total. The molecule has 4 aromatic heterocycles. The second-order valence-corrected chi connectivity index (χ2v) is 14.7. The van der Waals surface area contributed by atoms with Crippen molar-refractivity contribution < 1.29 is 55.5 Å². The number of hydrogen-bond acceptors (Lipinski definition) is 14. The van der Waals surface area contributed by atoms with E-state index in [2.05, 4.69) is 0 Å². The number of phenols is 10. The number of benzene rings is 7. The van der Waals surface area contributed by atoms with Gasteiger partial charge in [-0.1, -0.05) is 78.9 Å². The molecule has 11 aromatic rings. The van der Waals surface area contributed by atoms with E-state index in [1.54, 1.807) is 24.3 Å². The van der Waals surface area contributed by atoms with Gasteiger partial charge in [0.25, 0.3) is 0 Å². The van der Waals surface area contributed by atoms with E-state index in [0.717, 1.165) is 15.5 Å². The molecule has 0 fully saturated rings. The predicted octanol–water partition coefficient (Wildman–Crippen LogP) is 6.23. The van der Waals surface area contributed by atoms with Gasteiger partial charge in [-0.25, -0.2) is 15.0 Å². The van der Waals surface area contributed by atoms with Crippen LogP contribution < -0.4 is 10.9 Å². The Morgan fingerprint density at radius 2 is 0.855 bits per heavy atom. The van der Waals surface area contributed by atoms with Crippen LogP contribution in [0.1, 0.15) is 0 Å². The lowest BCUT2D eigenvalue weighted by Gasteiger charge is -2.15. The first-order chi connectivity index (χ1) is 29.8. The first kappa shape index (κ1) is 36.4. The van der Waals surface area contributed by atoms with E-state index in [1.807, 2.05) is 60.7 Å². The molecule has 0 unspecified atom stereocenters. The largest absolute Gasteiger partial charge is 0.508 e. The molecule has 0 saturated heterocycles. The molecule has 0 aliphatic rings. The summed E-state index contributed by atoms with van der Waals surface area (Å²) in [6.45, 7) is 0. The third-order valence-electron chi connectivity index (χ3n) is 11.4. The van der Waals surface area contributed by atoms with Gasteiger partial charge in [0.05, 0.1) is 48.9 Å². The molecule has 7 aromatic carbocycles. The van der Waals surface area contributed by atoms with Gasteiger partial charge < -0.3 is 59.9 Å². The predicted molar refractivity (Wildman–Crippen MR) is 231 cm³/mol. The summed E-state index contributed by atoms with van der Waals surface area (Å²) in [6, 6.07) is 25.1. The molecule has 62 heavy (non-hydrogen) atoms. The SMILES string of the molecule is [B]c1c(O)c(O)c(O)c2c1oc1c2c(O)c2c3c(O)c(-c4cccc(-c5nc(-c6ccccc6)nc(-c6ccccc6)n5)c4)c(O)c([B])c3n3c4c(O)c(O)c(O)c(O)c4c1c23. The van der Waals surface area contributed by atoms with E-state index in [1.165, 1.54) is 0 Å². The molecule has 0 bridgehead atoms. The zero-order valence-corrected chi connectivity index (χ0v) is 31.4. The Hall–Kier alpha value is -8.72. The first-order valence-corrected chi connectivity index (χ1v) is 18.6. The highest BCUT2D eigenvalue weighted by Gasteiger charge is 2.36. The Balaban J connectivity index is 1.26. The zero-order chi connectivity index (χ0) is 43.2. The lowest BCUT2D eigenvalue weighted by molar-refractivity contribution is 0.350. The van der Waals surface area contributed by atoms with Crippen LogP contribution in [0, 0.1) is 0 Å². The van der Waals surface area contributed by atoms with Crippen molar-refractivity contribution in [1.29, 1.82) is 0 Å². The average Bonchev–Trinajstić information content (AvgIpc) is 3.98. The minimum absolute atomic E-state index is 0.125. The summed E-state index contributed by atoms with van der Waals surface area (Å²) in [5.74, 6) is -8.18. The molecule has 0 aliphatic carbocycles. The van der Waals surface area contributed by atoms with Crippen molar-refractivity contribution in [3.05, 3.63) is 84.9 Å². The minimum atomic E-state index is -1.14. The number of rotatable bonds is 4. The lowest BCUT2D eigenvalue weighted by Crippen LogP contribution is -2.08. The molecule has 4 heterocycles. The van der Waals surface area contributed by atoms with Crippen LogP contribution in [0.4, 0.5) is 0 Å². The molecule has 0 spiro atoms. The van der Waals surface area contributed by atoms with Gasteiger partial charge >= 0.3 is 0 Å². The van der Waals surface area contributed by atoms with Gasteiger partial charge in [-0.3, -0.25) is 0 Å². The fraction of sp³-hybridized carbons (Fsp3) is 0. The summed E-state index contributed by atoms with van der Waals surface area (Å²) in [4.78, 5) is 14.3. The van der Waals surface area contributed by atoms with Gasteiger partial charge in [0.2, 0.25) is 17.2 Å². The Morgan fingerprint density at radius 1 is 0.371 bits per heavy atom. The molecule has 17 heteroatoms. The Bertz CT molecular complexity index is 3720. The van der Waals surface area contributed by atoms with Crippen molar-refractivity contribution in [2.24, 2.45) is 0 Å². The molecular weight excluding hydrogens is 794 g/mol. The summed E-state index contributed by atoms with van der Waals surface area (Å²) in [7, 11) is 12.9. The fourth-order valence-corrected chi connectivity index (χ4v) is 8.58. The van der Waals surface area contributed by atoms with Crippen molar-refractivity contribution in [2.45, 2.75) is 0 Å². The number of furan rings is 1. The van der Waals surface area contributed by atoms with Crippen molar-refractivity contribution >= 4 is 86.7 Å². The molecule has 11 rings (SSSR count). The van der Waals surface area contributed by atoms with Crippen LogP contribution in [-0.2, 0) is 0 Å². The Labute approximate surface area is 348 Å². The number of fused-ring (bicyclic) bond motifs is 10. The molecular formula is C45H24B2N4O11. The second-order valence-electron chi connectivity index (χ2n) is 14.7. The molecule has 0 saturated carbocycles. The highest BCUT2D eigenvalue weighted by atomic mass is 16.4. The van der Waals surface area contributed by atoms with Crippen LogP contribution in [0.25, 0.3) is 105 Å². The van der Waals surface area contributed by atoms with E-state index >= 15 is 0 Å². The van der Waals surface area contributed by atoms with Gasteiger partial charge in [-0.2, -0.15) is 0 Å². The molecule has 0 amide bonds. The fourth-order valence-electron chi connectivity index (χ4n) is 8.58. The normalized spacial score (nSPS) is 12.0. The van der Waals surface area contributed by atoms with Gasteiger partial charge in [-0.05, 0) is 22.6 Å². The molecule has 15 nitrogen and oxygen atoms in total. The van der Waals surface area contributed by atoms with Gasteiger partial charge in [0, 0.05) is 16.7 Å². The Kier molecular flexibility index (Phi) is 7.28.